The van der Waals surface area contributed by atoms with Gasteiger partial charge in [0.1, 0.15) is 0 Å². The molecular formula is C9H17NO. The predicted octanol–water partition coefficient (Wildman–Crippen LogP) is 1.48. The average Bonchev–Trinajstić information content (AvgIpc) is 2.05. The molecule has 0 bridgehead atoms. The molecule has 1 aliphatic carbocycles. The largest absolute Gasteiger partial charge is 0.322 e. The van der Waals surface area contributed by atoms with Gasteiger partial charge in [0.15, 0.2) is 5.78 Å². The second-order valence-corrected chi connectivity index (χ2v) is 3.53. The van der Waals surface area contributed by atoms with Gasteiger partial charge in [-0.25, -0.2) is 0 Å². The van der Waals surface area contributed by atoms with Crippen LogP contribution in [-0.2, 0) is 4.79 Å². The predicted molar refractivity (Wildman–Crippen MR) is 45.2 cm³/mol. The van der Waals surface area contributed by atoms with Crippen molar-refractivity contribution in [3.63, 3.8) is 0 Å². The van der Waals surface area contributed by atoms with E-state index in [1.165, 1.54) is 19.3 Å². The van der Waals surface area contributed by atoms with Crippen molar-refractivity contribution in [3.8, 4) is 0 Å². The highest BCUT2D eigenvalue weighted by molar-refractivity contribution is 5.85. The lowest BCUT2D eigenvalue weighted by Crippen LogP contribution is -2.33. The van der Waals surface area contributed by atoms with E-state index >= 15 is 0 Å². The molecule has 2 nitrogen and oxygen atoms in total. The second kappa shape index (κ2) is 3.86. The van der Waals surface area contributed by atoms with Crippen LogP contribution in [0.25, 0.3) is 0 Å². The van der Waals surface area contributed by atoms with E-state index in [-0.39, 0.29) is 17.7 Å². The summed E-state index contributed by atoms with van der Waals surface area (Å²) in [5.74, 6) is 0.549. The molecule has 0 radical (unpaired) electrons. The number of nitrogens with two attached hydrogens (primary N) is 1. The van der Waals surface area contributed by atoms with Crippen molar-refractivity contribution in [2.24, 2.45) is 11.7 Å². The standard InChI is InChI=1S/C9H17NO/c1-7(10)9(11)8-5-3-2-4-6-8/h7-8H,2-6,10H2,1H3. The summed E-state index contributed by atoms with van der Waals surface area (Å²) in [6, 6.07) is -0.252. The molecule has 1 saturated carbocycles. The smallest absolute Gasteiger partial charge is 0.152 e. The van der Waals surface area contributed by atoms with Gasteiger partial charge in [0.2, 0.25) is 0 Å². The molecular weight excluding hydrogens is 138 g/mol. The van der Waals surface area contributed by atoms with Gasteiger partial charge in [-0.05, 0) is 19.8 Å². The summed E-state index contributed by atoms with van der Waals surface area (Å²) in [6.45, 7) is 1.79. The highest BCUT2D eigenvalue weighted by Crippen LogP contribution is 2.24. The maximum Gasteiger partial charge on any atom is 0.152 e. The Labute approximate surface area is 68.2 Å². The number of Topliss-reactive ketones (excluding diaryl/α,β-unsaturated/α-hetero) is 1. The molecule has 0 amide bonds. The van der Waals surface area contributed by atoms with E-state index in [0.717, 1.165) is 12.8 Å². The first-order valence-corrected chi connectivity index (χ1v) is 4.51. The van der Waals surface area contributed by atoms with Crippen LogP contribution in [0.2, 0.25) is 0 Å². The van der Waals surface area contributed by atoms with E-state index in [1.807, 2.05) is 0 Å². The van der Waals surface area contributed by atoms with E-state index in [2.05, 4.69) is 0 Å². The summed E-state index contributed by atoms with van der Waals surface area (Å²) < 4.78 is 0. The zero-order valence-electron chi connectivity index (χ0n) is 7.18. The molecule has 0 saturated heterocycles. The van der Waals surface area contributed by atoms with E-state index in [4.69, 9.17) is 5.73 Å². The molecule has 0 aromatic rings. The third kappa shape index (κ3) is 2.29. The molecule has 11 heavy (non-hydrogen) atoms. The first-order chi connectivity index (χ1) is 5.22. The van der Waals surface area contributed by atoms with Crippen molar-refractivity contribution in [3.05, 3.63) is 0 Å². The van der Waals surface area contributed by atoms with Crippen LogP contribution >= 0.6 is 0 Å². The second-order valence-electron chi connectivity index (χ2n) is 3.53. The van der Waals surface area contributed by atoms with Crippen LogP contribution in [-0.4, -0.2) is 11.8 Å². The first kappa shape index (κ1) is 8.72. The normalized spacial score (nSPS) is 23.1. The van der Waals surface area contributed by atoms with Crippen LogP contribution in [0, 0.1) is 5.92 Å². The van der Waals surface area contributed by atoms with Crippen molar-refractivity contribution < 1.29 is 4.79 Å². The van der Waals surface area contributed by atoms with E-state index in [9.17, 15) is 4.79 Å². The van der Waals surface area contributed by atoms with Gasteiger partial charge in [0.25, 0.3) is 0 Å². The summed E-state index contributed by atoms with van der Waals surface area (Å²) in [5.41, 5.74) is 5.52. The Morgan fingerprint density at radius 1 is 1.36 bits per heavy atom. The quantitative estimate of drug-likeness (QED) is 0.656. The molecule has 1 atom stereocenters. The maximum absolute atomic E-state index is 11.4. The lowest BCUT2D eigenvalue weighted by atomic mass is 9.84. The van der Waals surface area contributed by atoms with Gasteiger partial charge < -0.3 is 5.73 Å². The van der Waals surface area contributed by atoms with Crippen molar-refractivity contribution >= 4 is 5.78 Å². The topological polar surface area (TPSA) is 43.1 Å². The van der Waals surface area contributed by atoms with E-state index in [1.54, 1.807) is 6.92 Å². The van der Waals surface area contributed by atoms with Gasteiger partial charge in [-0.3, -0.25) is 4.79 Å². The van der Waals surface area contributed by atoms with Crippen LogP contribution in [0.1, 0.15) is 39.0 Å². The molecule has 1 rings (SSSR count). The molecule has 0 aromatic heterocycles. The Hall–Kier alpha value is -0.370. The number of hydrogen-bond donors (Lipinski definition) is 1. The van der Waals surface area contributed by atoms with Gasteiger partial charge in [-0.1, -0.05) is 19.3 Å². The molecule has 0 aliphatic heterocycles. The van der Waals surface area contributed by atoms with Crippen LogP contribution < -0.4 is 5.73 Å². The lowest BCUT2D eigenvalue weighted by Gasteiger charge is -2.21. The van der Waals surface area contributed by atoms with E-state index in [0.29, 0.717) is 0 Å². The highest BCUT2D eigenvalue weighted by atomic mass is 16.1. The summed E-state index contributed by atoms with van der Waals surface area (Å²) in [6.07, 6.45) is 5.86. The van der Waals surface area contributed by atoms with Crippen LogP contribution in [0.4, 0.5) is 0 Å². The number of carbonyl (C=O) groups is 1. The first-order valence-electron chi connectivity index (χ1n) is 4.51. The fourth-order valence-electron chi connectivity index (χ4n) is 1.76. The zero-order valence-corrected chi connectivity index (χ0v) is 7.18. The molecule has 2 heteroatoms. The van der Waals surface area contributed by atoms with Gasteiger partial charge in [0.05, 0.1) is 6.04 Å². The Bertz CT molecular complexity index is 136. The number of carbonyl (C=O) groups excluding carboxylic acids is 1. The van der Waals surface area contributed by atoms with Crippen molar-refractivity contribution in [2.75, 3.05) is 0 Å². The van der Waals surface area contributed by atoms with Crippen LogP contribution in [0.3, 0.4) is 0 Å². The monoisotopic (exact) mass is 155 g/mol. The average molecular weight is 155 g/mol. The summed E-state index contributed by atoms with van der Waals surface area (Å²) >= 11 is 0. The lowest BCUT2D eigenvalue weighted by molar-refractivity contribution is -0.124. The Kier molecular flexibility index (Phi) is 3.06. The highest BCUT2D eigenvalue weighted by Gasteiger charge is 2.22. The molecule has 2 N–H and O–H groups in total. The molecule has 64 valence electrons. The molecule has 0 aromatic carbocycles. The minimum absolute atomic E-state index is 0.252. The molecule has 0 heterocycles. The van der Waals surface area contributed by atoms with Gasteiger partial charge in [-0.15, -0.1) is 0 Å². The van der Waals surface area contributed by atoms with Gasteiger partial charge in [-0.2, -0.15) is 0 Å². The molecule has 1 aliphatic rings. The summed E-state index contributed by atoms with van der Waals surface area (Å²) in [4.78, 5) is 11.4. The van der Waals surface area contributed by atoms with Crippen LogP contribution in [0.15, 0.2) is 0 Å². The van der Waals surface area contributed by atoms with E-state index < -0.39 is 0 Å². The fourth-order valence-corrected chi connectivity index (χ4v) is 1.76. The van der Waals surface area contributed by atoms with Crippen LogP contribution in [0.5, 0.6) is 0 Å². The number of hydrogen-bond acceptors (Lipinski definition) is 2. The van der Waals surface area contributed by atoms with Gasteiger partial charge >= 0.3 is 0 Å². The molecule has 1 fully saturated rings. The molecule has 1 unspecified atom stereocenters. The Balaban J connectivity index is 2.39. The zero-order chi connectivity index (χ0) is 8.27. The third-order valence-corrected chi connectivity index (χ3v) is 2.46. The third-order valence-electron chi connectivity index (χ3n) is 2.46. The molecule has 0 spiro atoms. The minimum Gasteiger partial charge on any atom is -0.322 e. The number of rotatable bonds is 2. The minimum atomic E-state index is -0.252. The van der Waals surface area contributed by atoms with Crippen molar-refractivity contribution in [2.45, 2.75) is 45.1 Å². The van der Waals surface area contributed by atoms with Gasteiger partial charge in [0, 0.05) is 5.92 Å². The Morgan fingerprint density at radius 3 is 2.36 bits per heavy atom. The summed E-state index contributed by atoms with van der Waals surface area (Å²) in [5, 5.41) is 0. The van der Waals surface area contributed by atoms with Crippen molar-refractivity contribution in [1.29, 1.82) is 0 Å². The van der Waals surface area contributed by atoms with Crippen molar-refractivity contribution in [1.82, 2.24) is 0 Å². The Morgan fingerprint density at radius 2 is 1.91 bits per heavy atom. The SMILES string of the molecule is CC(N)C(=O)C1CCCCC1. The summed E-state index contributed by atoms with van der Waals surface area (Å²) in [7, 11) is 0. The maximum atomic E-state index is 11.4. The number of ketones is 1. The fraction of sp³-hybridized carbons (Fsp3) is 0.889.